The maximum atomic E-state index is 5.74. The fraction of sp³-hybridized carbons (Fsp3) is 0.538. The number of alkyl halides is 1. The molecule has 0 saturated carbocycles. The van der Waals surface area contributed by atoms with Gasteiger partial charge in [0.05, 0.1) is 16.6 Å². The van der Waals surface area contributed by atoms with Crippen LogP contribution in [0.2, 0.25) is 0 Å². The van der Waals surface area contributed by atoms with E-state index < -0.39 is 0 Å². The number of aromatic nitrogens is 3. The summed E-state index contributed by atoms with van der Waals surface area (Å²) >= 11 is 7.45. The Morgan fingerprint density at radius 3 is 3.00 bits per heavy atom. The molecule has 0 radical (unpaired) electrons. The number of thiazole rings is 1. The van der Waals surface area contributed by atoms with Crippen molar-refractivity contribution < 1.29 is 0 Å². The lowest BCUT2D eigenvalue weighted by molar-refractivity contribution is 0.604. The summed E-state index contributed by atoms with van der Waals surface area (Å²) < 4.78 is 2.25. The highest BCUT2D eigenvalue weighted by molar-refractivity contribution is 7.09. The molecular weight excluding hydrogens is 266 g/mol. The summed E-state index contributed by atoms with van der Waals surface area (Å²) in [5.41, 5.74) is 0.992. The third-order valence-corrected chi connectivity index (χ3v) is 4.03. The van der Waals surface area contributed by atoms with E-state index in [0.717, 1.165) is 37.9 Å². The van der Waals surface area contributed by atoms with Gasteiger partial charge in [-0.15, -0.1) is 22.9 Å². The van der Waals surface area contributed by atoms with E-state index in [0.29, 0.717) is 5.88 Å². The van der Waals surface area contributed by atoms with Gasteiger partial charge in [0.15, 0.2) is 0 Å². The number of nitrogens with zero attached hydrogens (tertiary/aromatic N) is 3. The van der Waals surface area contributed by atoms with E-state index in [-0.39, 0.29) is 0 Å². The SMILES string of the molecule is CCCc1nccn1CCCc1nc(CCl)cs1. The van der Waals surface area contributed by atoms with Crippen molar-refractivity contribution in [1.82, 2.24) is 14.5 Å². The minimum atomic E-state index is 0.513. The third kappa shape index (κ3) is 3.56. The van der Waals surface area contributed by atoms with E-state index in [1.165, 1.54) is 10.8 Å². The van der Waals surface area contributed by atoms with Crippen molar-refractivity contribution in [3.8, 4) is 0 Å². The molecule has 0 N–H and O–H groups in total. The Morgan fingerprint density at radius 1 is 1.39 bits per heavy atom. The zero-order valence-electron chi connectivity index (χ0n) is 10.6. The summed E-state index contributed by atoms with van der Waals surface area (Å²) in [6.07, 6.45) is 8.27. The van der Waals surface area contributed by atoms with E-state index in [1.807, 2.05) is 11.6 Å². The predicted molar refractivity (Wildman–Crippen MR) is 76.2 cm³/mol. The molecule has 0 fully saturated rings. The zero-order valence-corrected chi connectivity index (χ0v) is 12.2. The molecule has 0 saturated heterocycles. The number of imidazole rings is 1. The molecule has 0 aromatic carbocycles. The van der Waals surface area contributed by atoms with Gasteiger partial charge in [0, 0.05) is 37.2 Å². The molecule has 2 aromatic heterocycles. The van der Waals surface area contributed by atoms with Crippen molar-refractivity contribution in [2.45, 2.75) is 45.0 Å². The van der Waals surface area contributed by atoms with E-state index in [2.05, 4.69) is 27.7 Å². The van der Waals surface area contributed by atoms with Crippen LogP contribution in [0.1, 0.15) is 36.3 Å². The first-order valence-electron chi connectivity index (χ1n) is 6.32. The van der Waals surface area contributed by atoms with Gasteiger partial charge in [0.2, 0.25) is 0 Å². The van der Waals surface area contributed by atoms with Gasteiger partial charge in [-0.05, 0) is 12.8 Å². The highest BCUT2D eigenvalue weighted by Gasteiger charge is 2.04. The largest absolute Gasteiger partial charge is 0.335 e. The average molecular weight is 284 g/mol. The van der Waals surface area contributed by atoms with Gasteiger partial charge in [-0.2, -0.15) is 0 Å². The Balaban J connectivity index is 1.82. The summed E-state index contributed by atoms with van der Waals surface area (Å²) in [6.45, 7) is 3.20. The quantitative estimate of drug-likeness (QED) is 0.726. The first kappa shape index (κ1) is 13.6. The molecule has 0 aliphatic rings. The highest BCUT2D eigenvalue weighted by Crippen LogP contribution is 2.14. The first-order chi connectivity index (χ1) is 8.83. The summed E-state index contributed by atoms with van der Waals surface area (Å²) in [7, 11) is 0. The molecule has 0 aliphatic heterocycles. The van der Waals surface area contributed by atoms with Gasteiger partial charge in [0.25, 0.3) is 0 Å². The topological polar surface area (TPSA) is 30.7 Å². The third-order valence-electron chi connectivity index (χ3n) is 2.80. The Labute approximate surface area is 117 Å². The molecule has 0 atom stereocenters. The van der Waals surface area contributed by atoms with Crippen molar-refractivity contribution >= 4 is 22.9 Å². The maximum absolute atomic E-state index is 5.74. The molecule has 0 amide bonds. The molecular formula is C13H18ClN3S. The van der Waals surface area contributed by atoms with Crippen LogP contribution in [0, 0.1) is 0 Å². The van der Waals surface area contributed by atoms with Crippen LogP contribution in [0.15, 0.2) is 17.8 Å². The summed E-state index contributed by atoms with van der Waals surface area (Å²) in [5, 5.41) is 3.23. The van der Waals surface area contributed by atoms with Crippen LogP contribution in [-0.2, 0) is 25.3 Å². The van der Waals surface area contributed by atoms with Crippen LogP contribution >= 0.6 is 22.9 Å². The number of hydrogen-bond donors (Lipinski definition) is 0. The van der Waals surface area contributed by atoms with Gasteiger partial charge in [-0.1, -0.05) is 6.92 Å². The Bertz CT molecular complexity index is 478. The lowest BCUT2D eigenvalue weighted by Gasteiger charge is -2.05. The Hall–Kier alpha value is -0.870. The standard InChI is InChI=1S/C13H18ClN3S/c1-2-4-12-15-6-8-17(12)7-3-5-13-16-11(9-14)10-18-13/h6,8,10H,2-5,7,9H2,1H3. The second kappa shape index (κ2) is 6.90. The molecule has 0 spiro atoms. The van der Waals surface area contributed by atoms with Crippen LogP contribution in [0.3, 0.4) is 0 Å². The average Bonchev–Trinajstić information content (AvgIpc) is 3.00. The smallest absolute Gasteiger partial charge is 0.108 e. The molecule has 0 bridgehead atoms. The Morgan fingerprint density at radius 2 is 2.28 bits per heavy atom. The lowest BCUT2D eigenvalue weighted by Crippen LogP contribution is -2.04. The fourth-order valence-corrected chi connectivity index (χ4v) is 2.99. The summed E-state index contributed by atoms with van der Waals surface area (Å²) in [5.74, 6) is 1.71. The second-order valence-corrected chi connectivity index (χ2v) is 5.47. The number of hydrogen-bond acceptors (Lipinski definition) is 3. The zero-order chi connectivity index (χ0) is 12.8. The number of halogens is 1. The molecule has 0 unspecified atom stereocenters. The lowest BCUT2D eigenvalue weighted by atomic mass is 10.3. The van der Waals surface area contributed by atoms with E-state index in [9.17, 15) is 0 Å². The first-order valence-corrected chi connectivity index (χ1v) is 7.74. The van der Waals surface area contributed by atoms with E-state index >= 15 is 0 Å². The maximum Gasteiger partial charge on any atom is 0.108 e. The van der Waals surface area contributed by atoms with Crippen LogP contribution in [0.5, 0.6) is 0 Å². The molecule has 2 aromatic rings. The van der Waals surface area contributed by atoms with Crippen LogP contribution in [0.4, 0.5) is 0 Å². The van der Waals surface area contributed by atoms with Crippen molar-refractivity contribution in [3.05, 3.63) is 34.3 Å². The Kier molecular flexibility index (Phi) is 5.20. The van der Waals surface area contributed by atoms with Crippen molar-refractivity contribution in [1.29, 1.82) is 0 Å². The van der Waals surface area contributed by atoms with E-state index in [1.54, 1.807) is 11.3 Å². The van der Waals surface area contributed by atoms with E-state index in [4.69, 9.17) is 11.6 Å². The molecule has 18 heavy (non-hydrogen) atoms. The van der Waals surface area contributed by atoms with Gasteiger partial charge in [0.1, 0.15) is 5.82 Å². The van der Waals surface area contributed by atoms with Crippen molar-refractivity contribution in [2.75, 3.05) is 0 Å². The second-order valence-electron chi connectivity index (χ2n) is 4.26. The fourth-order valence-electron chi connectivity index (χ4n) is 1.92. The minimum Gasteiger partial charge on any atom is -0.335 e. The number of aryl methyl sites for hydroxylation is 3. The highest BCUT2D eigenvalue weighted by atomic mass is 35.5. The normalized spacial score (nSPS) is 11.0. The summed E-state index contributed by atoms with van der Waals surface area (Å²) in [4.78, 5) is 8.85. The van der Waals surface area contributed by atoms with Crippen LogP contribution < -0.4 is 0 Å². The molecule has 2 heterocycles. The van der Waals surface area contributed by atoms with Gasteiger partial charge >= 0.3 is 0 Å². The van der Waals surface area contributed by atoms with Gasteiger partial charge < -0.3 is 4.57 Å². The molecule has 3 nitrogen and oxygen atoms in total. The monoisotopic (exact) mass is 283 g/mol. The molecule has 0 aliphatic carbocycles. The summed E-state index contributed by atoms with van der Waals surface area (Å²) in [6, 6.07) is 0. The van der Waals surface area contributed by atoms with Crippen LogP contribution in [0.25, 0.3) is 0 Å². The van der Waals surface area contributed by atoms with Crippen LogP contribution in [-0.4, -0.2) is 14.5 Å². The molecule has 2 rings (SSSR count). The molecule has 5 heteroatoms. The van der Waals surface area contributed by atoms with Gasteiger partial charge in [-0.25, -0.2) is 9.97 Å². The minimum absolute atomic E-state index is 0.513. The number of rotatable bonds is 7. The molecule has 98 valence electrons. The predicted octanol–water partition coefficient (Wildman–Crippen LogP) is 3.66. The van der Waals surface area contributed by atoms with Crippen molar-refractivity contribution in [3.63, 3.8) is 0 Å². The van der Waals surface area contributed by atoms with Crippen molar-refractivity contribution in [2.24, 2.45) is 0 Å². The van der Waals surface area contributed by atoms with Gasteiger partial charge in [-0.3, -0.25) is 0 Å².